The lowest BCUT2D eigenvalue weighted by Gasteiger charge is -2.18. The molecule has 0 saturated carbocycles. The number of carbonyl (C=O) groups is 2. The number of anilines is 1. The van der Waals surface area contributed by atoms with Crippen molar-refractivity contribution in [1.29, 1.82) is 0 Å². The van der Waals surface area contributed by atoms with Gasteiger partial charge in [0, 0.05) is 30.9 Å². The van der Waals surface area contributed by atoms with Gasteiger partial charge < -0.3 is 26.0 Å². The van der Waals surface area contributed by atoms with Crippen LogP contribution < -0.4 is 16.4 Å². The van der Waals surface area contributed by atoms with Crippen molar-refractivity contribution in [2.45, 2.75) is 38.9 Å². The fourth-order valence-corrected chi connectivity index (χ4v) is 2.97. The van der Waals surface area contributed by atoms with Crippen LogP contribution in [0.15, 0.2) is 24.3 Å². The third-order valence-corrected chi connectivity index (χ3v) is 4.69. The monoisotopic (exact) mass is 362 g/mol. The molecule has 2 atom stereocenters. The number of hydrogen-bond donors (Lipinski definition) is 3. The Bertz CT molecular complexity index is 587. The maximum atomic E-state index is 12.2. The predicted molar refractivity (Wildman–Crippen MR) is 102 cm³/mol. The number of carbonyl (C=O) groups excluding carboxylic acids is 2. The van der Waals surface area contributed by atoms with E-state index in [2.05, 4.69) is 29.4 Å². The van der Waals surface area contributed by atoms with Gasteiger partial charge in [0.25, 0.3) is 11.8 Å². The van der Waals surface area contributed by atoms with E-state index in [0.29, 0.717) is 30.8 Å². The van der Waals surface area contributed by atoms with Crippen LogP contribution >= 0.6 is 0 Å². The average Bonchev–Trinajstić information content (AvgIpc) is 3.15. The topological polar surface area (TPSA) is 96.7 Å². The molecule has 4 N–H and O–H groups in total. The summed E-state index contributed by atoms with van der Waals surface area (Å²) in [5, 5.41) is 5.74. The van der Waals surface area contributed by atoms with Crippen molar-refractivity contribution in [3.05, 3.63) is 29.8 Å². The molecule has 1 aromatic rings. The second-order valence-electron chi connectivity index (χ2n) is 6.41. The van der Waals surface area contributed by atoms with Crippen LogP contribution in [0, 0.1) is 0 Å². The first-order valence-electron chi connectivity index (χ1n) is 9.34. The van der Waals surface area contributed by atoms with Gasteiger partial charge in [-0.2, -0.15) is 0 Å². The van der Waals surface area contributed by atoms with E-state index in [1.165, 1.54) is 0 Å². The number of likely N-dealkylation sites (N-methyl/N-ethyl adjacent to an activating group) is 1. The van der Waals surface area contributed by atoms with E-state index in [0.717, 1.165) is 26.1 Å². The van der Waals surface area contributed by atoms with Crippen LogP contribution in [0.25, 0.3) is 0 Å². The highest BCUT2D eigenvalue weighted by molar-refractivity contribution is 5.96. The molecule has 0 bridgehead atoms. The first-order valence-corrected chi connectivity index (χ1v) is 9.34. The summed E-state index contributed by atoms with van der Waals surface area (Å²) in [4.78, 5) is 26.6. The normalized spacial score (nSPS) is 19.5. The lowest BCUT2D eigenvalue weighted by Crippen LogP contribution is -2.34. The predicted octanol–water partition coefficient (Wildman–Crippen LogP) is 1.20. The molecule has 1 aliphatic heterocycles. The van der Waals surface area contributed by atoms with Crippen LogP contribution in [0.1, 0.15) is 37.0 Å². The zero-order chi connectivity index (χ0) is 18.9. The molecular formula is C19H30N4O3. The maximum absolute atomic E-state index is 12.2. The van der Waals surface area contributed by atoms with E-state index < -0.39 is 6.10 Å². The second-order valence-corrected chi connectivity index (χ2v) is 6.41. The zero-order valence-electron chi connectivity index (χ0n) is 15.7. The summed E-state index contributed by atoms with van der Waals surface area (Å²) in [6.07, 6.45) is 1.00. The van der Waals surface area contributed by atoms with Crippen LogP contribution in [-0.4, -0.2) is 61.6 Å². The Balaban J connectivity index is 1.80. The molecular weight excluding hydrogens is 332 g/mol. The summed E-state index contributed by atoms with van der Waals surface area (Å²) in [6.45, 7) is 8.02. The highest BCUT2D eigenvalue weighted by Crippen LogP contribution is 2.20. The maximum Gasteiger partial charge on any atom is 0.253 e. The first kappa shape index (κ1) is 20.4. The fourth-order valence-electron chi connectivity index (χ4n) is 2.97. The Hall–Kier alpha value is -1.96. The van der Waals surface area contributed by atoms with Gasteiger partial charge in [0.15, 0.2) is 0 Å². The Morgan fingerprint density at radius 1 is 1.19 bits per heavy atom. The van der Waals surface area contributed by atoms with Crippen LogP contribution in [0.5, 0.6) is 0 Å². The number of ether oxygens (including phenoxy) is 1. The minimum Gasteiger partial charge on any atom is -0.364 e. The molecule has 0 unspecified atom stereocenters. The molecule has 1 aliphatic rings. The summed E-state index contributed by atoms with van der Waals surface area (Å²) in [5.41, 5.74) is 6.78. The third-order valence-electron chi connectivity index (χ3n) is 4.69. The number of hydrogen-bond acceptors (Lipinski definition) is 5. The van der Waals surface area contributed by atoms with Crippen molar-refractivity contribution < 1.29 is 14.3 Å². The standard InChI is InChI=1S/C19H30N4O3/c1-3-23(4-2)12-11-21-18(24)14-5-7-15(8-6-14)22-19(25)17-10-9-16(13-20)26-17/h5-8,16-17H,3-4,9-13,20H2,1-2H3,(H,21,24)(H,22,25)/t16-,17+/m1/s1. The fraction of sp³-hybridized carbons (Fsp3) is 0.579. The van der Waals surface area contributed by atoms with Gasteiger partial charge in [0.05, 0.1) is 6.10 Å². The van der Waals surface area contributed by atoms with E-state index >= 15 is 0 Å². The van der Waals surface area contributed by atoms with Gasteiger partial charge in [0.1, 0.15) is 6.10 Å². The Labute approximate surface area is 155 Å². The summed E-state index contributed by atoms with van der Waals surface area (Å²) >= 11 is 0. The zero-order valence-corrected chi connectivity index (χ0v) is 15.7. The molecule has 144 valence electrons. The van der Waals surface area contributed by atoms with E-state index in [1.54, 1.807) is 24.3 Å². The molecule has 1 aromatic carbocycles. The minimum atomic E-state index is -0.452. The van der Waals surface area contributed by atoms with Gasteiger partial charge in [-0.3, -0.25) is 9.59 Å². The molecule has 0 radical (unpaired) electrons. The molecule has 0 spiro atoms. The lowest BCUT2D eigenvalue weighted by molar-refractivity contribution is -0.126. The number of amides is 2. The van der Waals surface area contributed by atoms with Crippen molar-refractivity contribution in [1.82, 2.24) is 10.2 Å². The highest BCUT2D eigenvalue weighted by atomic mass is 16.5. The largest absolute Gasteiger partial charge is 0.364 e. The number of nitrogens with two attached hydrogens (primary N) is 1. The number of benzene rings is 1. The minimum absolute atomic E-state index is 0.0341. The molecule has 0 aromatic heterocycles. The summed E-state index contributed by atoms with van der Waals surface area (Å²) in [5.74, 6) is -0.280. The molecule has 7 nitrogen and oxygen atoms in total. The summed E-state index contributed by atoms with van der Waals surface area (Å²) < 4.78 is 5.58. The Morgan fingerprint density at radius 3 is 2.46 bits per heavy atom. The molecule has 1 heterocycles. The molecule has 2 rings (SSSR count). The Morgan fingerprint density at radius 2 is 1.88 bits per heavy atom. The first-order chi connectivity index (χ1) is 12.6. The van der Waals surface area contributed by atoms with E-state index in [-0.39, 0.29) is 17.9 Å². The lowest BCUT2D eigenvalue weighted by atomic mass is 10.1. The van der Waals surface area contributed by atoms with Crippen molar-refractivity contribution in [3.8, 4) is 0 Å². The number of rotatable bonds is 9. The van der Waals surface area contributed by atoms with Gasteiger partial charge >= 0.3 is 0 Å². The van der Waals surface area contributed by atoms with Gasteiger partial charge in [-0.1, -0.05) is 13.8 Å². The van der Waals surface area contributed by atoms with Gasteiger partial charge in [0.2, 0.25) is 0 Å². The van der Waals surface area contributed by atoms with E-state index in [4.69, 9.17) is 10.5 Å². The second kappa shape index (κ2) is 10.3. The highest BCUT2D eigenvalue weighted by Gasteiger charge is 2.29. The van der Waals surface area contributed by atoms with Crippen LogP contribution in [0.4, 0.5) is 5.69 Å². The average molecular weight is 362 g/mol. The molecule has 2 amide bonds. The third kappa shape index (κ3) is 5.79. The summed E-state index contributed by atoms with van der Waals surface area (Å²) in [6, 6.07) is 6.88. The molecule has 1 fully saturated rings. The van der Waals surface area contributed by atoms with Crippen LogP contribution in [0.2, 0.25) is 0 Å². The molecule has 26 heavy (non-hydrogen) atoms. The van der Waals surface area contributed by atoms with Crippen molar-refractivity contribution in [3.63, 3.8) is 0 Å². The molecule has 0 aliphatic carbocycles. The SMILES string of the molecule is CCN(CC)CCNC(=O)c1ccc(NC(=O)[C@@H]2CC[C@H](CN)O2)cc1. The molecule has 1 saturated heterocycles. The number of nitrogens with zero attached hydrogens (tertiary/aromatic N) is 1. The van der Waals surface area contributed by atoms with Crippen molar-refractivity contribution >= 4 is 17.5 Å². The smallest absolute Gasteiger partial charge is 0.253 e. The van der Waals surface area contributed by atoms with E-state index in [1.807, 2.05) is 0 Å². The number of nitrogens with one attached hydrogen (secondary N) is 2. The Kier molecular flexibility index (Phi) is 8.03. The van der Waals surface area contributed by atoms with Crippen molar-refractivity contribution in [2.24, 2.45) is 5.73 Å². The quantitative estimate of drug-likeness (QED) is 0.613. The van der Waals surface area contributed by atoms with Crippen molar-refractivity contribution in [2.75, 3.05) is 38.0 Å². The van der Waals surface area contributed by atoms with Gasteiger partial charge in [-0.15, -0.1) is 0 Å². The van der Waals surface area contributed by atoms with Gasteiger partial charge in [-0.25, -0.2) is 0 Å². The van der Waals surface area contributed by atoms with E-state index in [9.17, 15) is 9.59 Å². The van der Waals surface area contributed by atoms with Gasteiger partial charge in [-0.05, 0) is 50.2 Å². The van der Waals surface area contributed by atoms with Crippen LogP contribution in [0.3, 0.4) is 0 Å². The van der Waals surface area contributed by atoms with Crippen LogP contribution in [-0.2, 0) is 9.53 Å². The molecule has 7 heteroatoms. The summed E-state index contributed by atoms with van der Waals surface area (Å²) in [7, 11) is 0.